The standard InChI is InChI=1S/C8H9NO4S/c1-5(10)13-2-6-3-14-4-9-7(6)8(11)12/h4H,2-3H2,1H3,(H,11,12). The van der Waals surface area contributed by atoms with Crippen molar-refractivity contribution in [1.82, 2.24) is 0 Å². The largest absolute Gasteiger partial charge is 0.477 e. The van der Waals surface area contributed by atoms with Gasteiger partial charge in [-0.1, -0.05) is 0 Å². The summed E-state index contributed by atoms with van der Waals surface area (Å²) in [6.07, 6.45) is 0. The molecule has 0 unspecified atom stereocenters. The second-order valence-corrected chi connectivity index (χ2v) is 3.42. The molecule has 76 valence electrons. The summed E-state index contributed by atoms with van der Waals surface area (Å²) in [6.45, 7) is 1.28. The molecule has 0 atom stereocenters. The van der Waals surface area contributed by atoms with E-state index >= 15 is 0 Å². The van der Waals surface area contributed by atoms with Gasteiger partial charge in [0.1, 0.15) is 6.61 Å². The number of nitrogens with zero attached hydrogens (tertiary/aromatic N) is 1. The van der Waals surface area contributed by atoms with Crippen molar-refractivity contribution in [3.8, 4) is 0 Å². The average Bonchev–Trinajstić information content (AvgIpc) is 2.15. The third-order valence-electron chi connectivity index (χ3n) is 1.50. The molecule has 1 rings (SSSR count). The van der Waals surface area contributed by atoms with Gasteiger partial charge < -0.3 is 9.84 Å². The second kappa shape index (κ2) is 4.80. The zero-order chi connectivity index (χ0) is 10.6. The van der Waals surface area contributed by atoms with E-state index in [0.29, 0.717) is 11.3 Å². The number of carboxylic acid groups (broad SMARTS) is 1. The quantitative estimate of drug-likeness (QED) is 0.700. The molecule has 0 spiro atoms. The van der Waals surface area contributed by atoms with Crippen LogP contribution in [0.2, 0.25) is 0 Å². The van der Waals surface area contributed by atoms with E-state index < -0.39 is 11.9 Å². The molecule has 6 heteroatoms. The molecule has 0 saturated carbocycles. The highest BCUT2D eigenvalue weighted by Gasteiger charge is 2.17. The van der Waals surface area contributed by atoms with Gasteiger partial charge >= 0.3 is 11.9 Å². The van der Waals surface area contributed by atoms with Crippen molar-refractivity contribution in [3.63, 3.8) is 0 Å². The van der Waals surface area contributed by atoms with Crippen molar-refractivity contribution in [2.45, 2.75) is 6.92 Å². The van der Waals surface area contributed by atoms with E-state index in [9.17, 15) is 9.59 Å². The van der Waals surface area contributed by atoms with Gasteiger partial charge in [0, 0.05) is 18.2 Å². The Morgan fingerprint density at radius 2 is 2.43 bits per heavy atom. The summed E-state index contributed by atoms with van der Waals surface area (Å²) in [5.41, 5.74) is 1.98. The van der Waals surface area contributed by atoms with Crippen LogP contribution in [0.3, 0.4) is 0 Å². The Bertz CT molecular complexity index is 321. The highest BCUT2D eigenvalue weighted by Crippen LogP contribution is 2.18. The predicted octanol–water partition coefficient (Wildman–Crippen LogP) is 0.663. The maximum atomic E-state index is 10.7. The predicted molar refractivity (Wildman–Crippen MR) is 52.2 cm³/mol. The van der Waals surface area contributed by atoms with Crippen molar-refractivity contribution in [1.29, 1.82) is 0 Å². The van der Waals surface area contributed by atoms with Gasteiger partial charge in [-0.15, -0.1) is 11.8 Å². The maximum absolute atomic E-state index is 10.7. The molecule has 0 aliphatic carbocycles. The fraction of sp³-hybridized carbons (Fsp3) is 0.375. The van der Waals surface area contributed by atoms with Crippen LogP contribution in [-0.2, 0) is 14.3 Å². The zero-order valence-corrected chi connectivity index (χ0v) is 8.34. The first-order valence-electron chi connectivity index (χ1n) is 3.84. The Labute approximate surface area is 84.8 Å². The van der Waals surface area contributed by atoms with Crippen LogP contribution in [0.15, 0.2) is 16.3 Å². The number of hydrogen-bond acceptors (Lipinski definition) is 5. The minimum atomic E-state index is -1.09. The molecule has 0 bridgehead atoms. The molecule has 0 fully saturated rings. The molecule has 0 aromatic heterocycles. The van der Waals surface area contributed by atoms with Gasteiger partial charge in [-0.2, -0.15) is 0 Å². The Kier molecular flexibility index (Phi) is 3.70. The van der Waals surface area contributed by atoms with Crippen LogP contribution in [0.4, 0.5) is 0 Å². The normalized spacial score (nSPS) is 15.5. The lowest BCUT2D eigenvalue weighted by Crippen LogP contribution is -2.13. The van der Waals surface area contributed by atoms with E-state index in [1.165, 1.54) is 24.2 Å². The first-order chi connectivity index (χ1) is 6.61. The van der Waals surface area contributed by atoms with Crippen molar-refractivity contribution in [3.05, 3.63) is 11.3 Å². The maximum Gasteiger partial charge on any atom is 0.354 e. The van der Waals surface area contributed by atoms with Gasteiger partial charge in [0.05, 0.1) is 5.55 Å². The third-order valence-corrected chi connectivity index (χ3v) is 2.27. The topological polar surface area (TPSA) is 76.0 Å². The minimum Gasteiger partial charge on any atom is -0.477 e. The van der Waals surface area contributed by atoms with Gasteiger partial charge in [-0.3, -0.25) is 4.79 Å². The van der Waals surface area contributed by atoms with E-state index in [1.807, 2.05) is 0 Å². The lowest BCUT2D eigenvalue weighted by molar-refractivity contribution is -0.140. The van der Waals surface area contributed by atoms with Gasteiger partial charge in [-0.25, -0.2) is 9.79 Å². The summed E-state index contributed by atoms with van der Waals surface area (Å²) in [5.74, 6) is -1.02. The molecular weight excluding hydrogens is 206 g/mol. The molecule has 0 aromatic rings. The summed E-state index contributed by atoms with van der Waals surface area (Å²) in [6, 6.07) is 0. The van der Waals surface area contributed by atoms with Crippen LogP contribution in [0.25, 0.3) is 0 Å². The average molecular weight is 215 g/mol. The van der Waals surface area contributed by atoms with Crippen LogP contribution in [-0.4, -0.2) is 35.0 Å². The van der Waals surface area contributed by atoms with Crippen LogP contribution in [0.1, 0.15) is 6.92 Å². The summed E-state index contributed by atoms with van der Waals surface area (Å²) in [4.78, 5) is 24.9. The number of carbonyl (C=O) groups excluding carboxylic acids is 1. The molecular formula is C8H9NO4S. The van der Waals surface area contributed by atoms with Gasteiger partial charge in [0.2, 0.25) is 0 Å². The zero-order valence-electron chi connectivity index (χ0n) is 7.52. The fourth-order valence-electron chi connectivity index (χ4n) is 0.893. The molecule has 0 radical (unpaired) electrons. The summed E-state index contributed by atoms with van der Waals surface area (Å²) < 4.78 is 4.71. The molecule has 1 aliphatic rings. The summed E-state index contributed by atoms with van der Waals surface area (Å²) >= 11 is 1.37. The minimum absolute atomic E-state index is 0.00130. The van der Waals surface area contributed by atoms with E-state index in [2.05, 4.69) is 4.99 Å². The number of rotatable bonds is 3. The molecule has 5 nitrogen and oxygen atoms in total. The second-order valence-electron chi connectivity index (χ2n) is 2.58. The van der Waals surface area contributed by atoms with E-state index in [4.69, 9.17) is 9.84 Å². The van der Waals surface area contributed by atoms with Crippen molar-refractivity contribution < 1.29 is 19.4 Å². The van der Waals surface area contributed by atoms with Crippen molar-refractivity contribution >= 4 is 29.2 Å². The van der Waals surface area contributed by atoms with Gasteiger partial charge in [0.15, 0.2) is 5.70 Å². The summed E-state index contributed by atoms with van der Waals surface area (Å²) in [5, 5.41) is 8.75. The lowest BCUT2D eigenvalue weighted by Gasteiger charge is -2.11. The highest BCUT2D eigenvalue weighted by atomic mass is 32.2. The lowest BCUT2D eigenvalue weighted by atomic mass is 10.2. The van der Waals surface area contributed by atoms with Crippen molar-refractivity contribution in [2.24, 2.45) is 4.99 Å². The number of ether oxygens (including phenoxy) is 1. The molecule has 1 heterocycles. The number of carboxylic acids is 1. The fourth-order valence-corrected chi connectivity index (χ4v) is 1.57. The van der Waals surface area contributed by atoms with Crippen LogP contribution >= 0.6 is 11.8 Å². The number of esters is 1. The summed E-state index contributed by atoms with van der Waals surface area (Å²) in [7, 11) is 0. The van der Waals surface area contributed by atoms with E-state index in [0.717, 1.165) is 0 Å². The highest BCUT2D eigenvalue weighted by molar-refractivity contribution is 8.12. The number of carbonyl (C=O) groups is 2. The van der Waals surface area contributed by atoms with Crippen LogP contribution in [0, 0.1) is 0 Å². The third kappa shape index (κ3) is 2.88. The monoisotopic (exact) mass is 215 g/mol. The number of thioether (sulfide) groups is 1. The smallest absolute Gasteiger partial charge is 0.354 e. The Hall–Kier alpha value is -1.30. The SMILES string of the molecule is CC(=O)OCC1=C(C(=O)O)N=CSC1. The molecule has 0 aromatic carbocycles. The Morgan fingerprint density at radius 1 is 1.71 bits per heavy atom. The number of aliphatic carboxylic acids is 1. The van der Waals surface area contributed by atoms with Crippen LogP contribution in [0.5, 0.6) is 0 Å². The van der Waals surface area contributed by atoms with E-state index in [-0.39, 0.29) is 12.3 Å². The molecule has 1 aliphatic heterocycles. The molecule has 14 heavy (non-hydrogen) atoms. The van der Waals surface area contributed by atoms with Gasteiger partial charge in [-0.05, 0) is 0 Å². The van der Waals surface area contributed by atoms with Crippen LogP contribution < -0.4 is 0 Å². The first-order valence-corrected chi connectivity index (χ1v) is 4.89. The molecule has 0 saturated heterocycles. The van der Waals surface area contributed by atoms with Crippen molar-refractivity contribution in [2.75, 3.05) is 12.4 Å². The van der Waals surface area contributed by atoms with Gasteiger partial charge in [0.25, 0.3) is 0 Å². The Morgan fingerprint density at radius 3 is 3.00 bits per heavy atom. The van der Waals surface area contributed by atoms with E-state index in [1.54, 1.807) is 0 Å². The molecule has 0 amide bonds. The Balaban J connectivity index is 2.74. The molecule has 1 N–H and O–H groups in total. The number of hydrogen-bond donors (Lipinski definition) is 1. The first kappa shape index (κ1) is 10.8. The number of aliphatic imine (C=N–C) groups is 1.